The summed E-state index contributed by atoms with van der Waals surface area (Å²) in [5, 5.41) is 5.48. The fourth-order valence-corrected chi connectivity index (χ4v) is 3.58. The molecule has 1 aromatic heterocycles. The minimum atomic E-state index is 0.606. The molecule has 0 aliphatic carbocycles. The van der Waals surface area contributed by atoms with Crippen molar-refractivity contribution in [2.24, 2.45) is 5.10 Å². The quantitative estimate of drug-likeness (QED) is 0.895. The Kier molecular flexibility index (Phi) is 4.27. The van der Waals surface area contributed by atoms with E-state index in [4.69, 9.17) is 23.2 Å². The van der Waals surface area contributed by atoms with Crippen molar-refractivity contribution in [3.63, 3.8) is 0 Å². The first-order valence-corrected chi connectivity index (χ1v) is 8.78. The van der Waals surface area contributed by atoms with Crippen LogP contribution in [0.3, 0.4) is 0 Å². The molecular weight excluding hydrogens is 357 g/mol. The van der Waals surface area contributed by atoms with Crippen LogP contribution in [-0.4, -0.2) is 27.2 Å². The summed E-state index contributed by atoms with van der Waals surface area (Å²) < 4.78 is 2.18. The average molecular weight is 374 g/mol. The molecule has 128 valence electrons. The van der Waals surface area contributed by atoms with E-state index in [1.807, 2.05) is 30.6 Å². The van der Waals surface area contributed by atoms with Crippen LogP contribution in [0.4, 0.5) is 0 Å². The largest absolute Gasteiger partial charge is 0.363 e. The summed E-state index contributed by atoms with van der Waals surface area (Å²) in [6, 6.07) is 7.91. The molecule has 7 heteroatoms. The lowest BCUT2D eigenvalue weighted by Crippen LogP contribution is -2.33. The Bertz CT molecular complexity index is 897. The van der Waals surface area contributed by atoms with Crippen LogP contribution in [0.15, 0.2) is 58.7 Å². The number of imidazole rings is 1. The molecule has 5 nitrogen and oxygen atoms in total. The van der Waals surface area contributed by atoms with Gasteiger partial charge in [-0.2, -0.15) is 5.10 Å². The van der Waals surface area contributed by atoms with Crippen LogP contribution in [0.5, 0.6) is 0 Å². The number of hydrogen-bond donors (Lipinski definition) is 1. The SMILES string of the molecule is C=C1NN=CC(N2CCc3c(ncn3Cc3ccccc3Cl)C2)=C1Cl. The molecule has 0 amide bonds. The Hall–Kier alpha value is -2.24. The number of allylic oxidation sites excluding steroid dienone is 2. The molecule has 25 heavy (non-hydrogen) atoms. The molecule has 2 aliphatic heterocycles. The molecule has 2 aliphatic rings. The lowest BCUT2D eigenvalue weighted by Gasteiger charge is -2.31. The van der Waals surface area contributed by atoms with Gasteiger partial charge < -0.3 is 9.47 Å². The highest BCUT2D eigenvalue weighted by Crippen LogP contribution is 2.27. The average Bonchev–Trinajstić information content (AvgIpc) is 3.01. The molecule has 0 bridgehead atoms. The number of halogens is 2. The number of fused-ring (bicyclic) bond motifs is 1. The molecule has 0 saturated heterocycles. The third kappa shape index (κ3) is 3.05. The summed E-state index contributed by atoms with van der Waals surface area (Å²) in [6.45, 7) is 6.16. The van der Waals surface area contributed by atoms with Gasteiger partial charge in [-0.1, -0.05) is 48.0 Å². The second kappa shape index (κ2) is 6.58. The Labute approximate surface area is 156 Å². The predicted octanol–water partition coefficient (Wildman–Crippen LogP) is 3.50. The molecule has 3 heterocycles. The molecule has 0 atom stereocenters. The number of nitrogens with one attached hydrogen (secondary N) is 1. The van der Waals surface area contributed by atoms with Crippen LogP contribution in [0.2, 0.25) is 5.02 Å². The second-order valence-electron chi connectivity index (χ2n) is 6.08. The maximum absolute atomic E-state index is 6.37. The van der Waals surface area contributed by atoms with Gasteiger partial charge in [0.05, 0.1) is 47.8 Å². The number of benzene rings is 1. The first-order chi connectivity index (χ1) is 12.1. The molecule has 2 aromatic rings. The maximum atomic E-state index is 6.37. The van der Waals surface area contributed by atoms with Gasteiger partial charge >= 0.3 is 0 Å². The normalized spacial score (nSPS) is 16.9. The summed E-state index contributed by atoms with van der Waals surface area (Å²) in [5.41, 5.74) is 7.70. The molecule has 0 radical (unpaired) electrons. The molecule has 0 saturated carbocycles. The second-order valence-corrected chi connectivity index (χ2v) is 6.86. The van der Waals surface area contributed by atoms with Crippen molar-refractivity contribution in [2.45, 2.75) is 19.5 Å². The van der Waals surface area contributed by atoms with Gasteiger partial charge in [0, 0.05) is 23.7 Å². The lowest BCUT2D eigenvalue weighted by atomic mass is 10.1. The molecule has 0 unspecified atom stereocenters. The minimum Gasteiger partial charge on any atom is -0.363 e. The van der Waals surface area contributed by atoms with E-state index in [2.05, 4.69) is 31.6 Å². The molecule has 0 fully saturated rings. The summed E-state index contributed by atoms with van der Waals surface area (Å²) in [5.74, 6) is 0. The monoisotopic (exact) mass is 373 g/mol. The summed E-state index contributed by atoms with van der Waals surface area (Å²) in [4.78, 5) is 6.79. The molecule has 1 aromatic carbocycles. The van der Waals surface area contributed by atoms with Gasteiger partial charge in [0.1, 0.15) is 0 Å². The van der Waals surface area contributed by atoms with Crippen LogP contribution in [0.1, 0.15) is 17.0 Å². The van der Waals surface area contributed by atoms with Gasteiger partial charge in [-0.15, -0.1) is 0 Å². The van der Waals surface area contributed by atoms with Crippen LogP contribution in [-0.2, 0) is 19.5 Å². The molecule has 0 spiro atoms. The number of hydrazone groups is 1. The fraction of sp³-hybridized carbons (Fsp3) is 0.222. The van der Waals surface area contributed by atoms with E-state index in [1.165, 1.54) is 5.69 Å². The smallest absolute Gasteiger partial charge is 0.0955 e. The molecular formula is C18H17Cl2N5. The van der Waals surface area contributed by atoms with Gasteiger partial charge in [0.25, 0.3) is 0 Å². The number of nitrogens with zero attached hydrogens (tertiary/aromatic N) is 4. The standard InChI is InChI=1S/C18H17Cl2N5/c1-12-18(20)17(8-22-23-12)24-7-6-16-15(10-24)21-11-25(16)9-13-4-2-3-5-14(13)19/h2-5,8,11,23H,1,6-7,9-10H2. The van der Waals surface area contributed by atoms with Gasteiger partial charge in [-0.25, -0.2) is 4.98 Å². The van der Waals surface area contributed by atoms with Crippen molar-refractivity contribution in [3.8, 4) is 0 Å². The Morgan fingerprint density at radius 3 is 2.92 bits per heavy atom. The van der Waals surface area contributed by atoms with E-state index in [1.54, 1.807) is 6.21 Å². The summed E-state index contributed by atoms with van der Waals surface area (Å²) in [6.07, 6.45) is 4.52. The van der Waals surface area contributed by atoms with E-state index < -0.39 is 0 Å². The summed E-state index contributed by atoms with van der Waals surface area (Å²) >= 11 is 12.7. The maximum Gasteiger partial charge on any atom is 0.0955 e. The molecule has 1 N–H and O–H groups in total. The third-order valence-corrected chi connectivity index (χ3v) is 5.30. The van der Waals surface area contributed by atoms with E-state index in [9.17, 15) is 0 Å². The van der Waals surface area contributed by atoms with Crippen molar-refractivity contribution < 1.29 is 0 Å². The number of rotatable bonds is 3. The van der Waals surface area contributed by atoms with Crippen molar-refractivity contribution in [3.05, 3.63) is 75.6 Å². The van der Waals surface area contributed by atoms with Crippen molar-refractivity contribution in [1.82, 2.24) is 19.9 Å². The van der Waals surface area contributed by atoms with Crippen LogP contribution in [0, 0.1) is 0 Å². The first kappa shape index (κ1) is 16.2. The first-order valence-electron chi connectivity index (χ1n) is 8.03. The van der Waals surface area contributed by atoms with Gasteiger partial charge in [-0.3, -0.25) is 5.43 Å². The topological polar surface area (TPSA) is 45.5 Å². The zero-order chi connectivity index (χ0) is 17.4. The zero-order valence-corrected chi connectivity index (χ0v) is 15.1. The van der Waals surface area contributed by atoms with Crippen LogP contribution in [0.25, 0.3) is 0 Å². The van der Waals surface area contributed by atoms with E-state index in [0.29, 0.717) is 17.3 Å². The third-order valence-electron chi connectivity index (χ3n) is 4.51. The Balaban J connectivity index is 1.57. The van der Waals surface area contributed by atoms with E-state index in [0.717, 1.165) is 41.5 Å². The molecule has 4 rings (SSSR count). The highest BCUT2D eigenvalue weighted by Gasteiger charge is 2.25. The lowest BCUT2D eigenvalue weighted by molar-refractivity contribution is 0.328. The number of aromatic nitrogens is 2. The Morgan fingerprint density at radius 1 is 1.24 bits per heavy atom. The van der Waals surface area contributed by atoms with Crippen LogP contribution < -0.4 is 5.43 Å². The Morgan fingerprint density at radius 2 is 2.08 bits per heavy atom. The van der Waals surface area contributed by atoms with Gasteiger partial charge in [0.15, 0.2) is 0 Å². The number of hydrogen-bond acceptors (Lipinski definition) is 4. The van der Waals surface area contributed by atoms with Crippen molar-refractivity contribution >= 4 is 29.4 Å². The van der Waals surface area contributed by atoms with Crippen LogP contribution >= 0.6 is 23.2 Å². The van der Waals surface area contributed by atoms with Gasteiger partial charge in [-0.05, 0) is 11.6 Å². The predicted molar refractivity (Wildman–Crippen MR) is 101 cm³/mol. The van der Waals surface area contributed by atoms with Gasteiger partial charge in [0.2, 0.25) is 0 Å². The van der Waals surface area contributed by atoms with Crippen molar-refractivity contribution in [1.29, 1.82) is 0 Å². The fourth-order valence-electron chi connectivity index (χ4n) is 3.17. The van der Waals surface area contributed by atoms with E-state index in [-0.39, 0.29) is 0 Å². The van der Waals surface area contributed by atoms with E-state index >= 15 is 0 Å². The minimum absolute atomic E-state index is 0.606. The van der Waals surface area contributed by atoms with Crippen molar-refractivity contribution in [2.75, 3.05) is 6.54 Å². The highest BCUT2D eigenvalue weighted by atomic mass is 35.5. The highest BCUT2D eigenvalue weighted by molar-refractivity contribution is 6.33. The summed E-state index contributed by atoms with van der Waals surface area (Å²) in [7, 11) is 0. The zero-order valence-electron chi connectivity index (χ0n) is 13.5.